The Morgan fingerprint density at radius 1 is 1.42 bits per heavy atom. The Kier molecular flexibility index (Phi) is 4.98. The van der Waals surface area contributed by atoms with E-state index in [-0.39, 0.29) is 29.6 Å². The molecule has 2 aliphatic heterocycles. The van der Waals surface area contributed by atoms with Crippen LogP contribution in [0.4, 0.5) is 0 Å². The number of carbonyl (C=O) groups excluding carboxylic acids is 1. The maximum Gasteiger partial charge on any atom is 0.267 e. The summed E-state index contributed by atoms with van der Waals surface area (Å²) in [5.41, 5.74) is 0.615. The quantitative estimate of drug-likeness (QED) is 0.803. The second-order valence-corrected chi connectivity index (χ2v) is 8.73. The highest BCUT2D eigenvalue weighted by Crippen LogP contribution is 2.34. The molecular weight excluding hydrogens is 330 g/mol. The largest absolute Gasteiger partial charge is 0.376 e. The first kappa shape index (κ1) is 17.4. The van der Waals surface area contributed by atoms with Crippen LogP contribution in [0.25, 0.3) is 0 Å². The van der Waals surface area contributed by atoms with Gasteiger partial charge in [-0.3, -0.25) is 4.79 Å². The molecule has 0 radical (unpaired) electrons. The van der Waals surface area contributed by atoms with E-state index in [1.807, 2.05) is 26.2 Å². The topological polar surface area (TPSA) is 80.6 Å². The molecule has 0 unspecified atom stereocenters. The number of aromatic nitrogens is 1. The number of nitrogens with zero attached hydrogens (tertiary/aromatic N) is 2. The third-order valence-electron chi connectivity index (χ3n) is 4.96. The second kappa shape index (κ2) is 6.85. The van der Waals surface area contributed by atoms with Gasteiger partial charge in [0.2, 0.25) is 10.0 Å². The van der Waals surface area contributed by atoms with Crippen LogP contribution in [0, 0.1) is 11.8 Å². The highest BCUT2D eigenvalue weighted by molar-refractivity contribution is 7.89. The highest BCUT2D eigenvalue weighted by Gasteiger charge is 2.46. The lowest BCUT2D eigenvalue weighted by Gasteiger charge is -2.19. The van der Waals surface area contributed by atoms with Gasteiger partial charge in [-0.25, -0.2) is 8.42 Å². The lowest BCUT2D eigenvalue weighted by molar-refractivity contribution is 0.0925. The monoisotopic (exact) mass is 355 g/mol. The first-order chi connectivity index (χ1) is 11.4. The minimum absolute atomic E-state index is 0.0476. The number of aryl methyl sites for hydroxylation is 1. The van der Waals surface area contributed by atoms with Crippen LogP contribution in [-0.2, 0) is 21.8 Å². The molecule has 0 saturated carbocycles. The Morgan fingerprint density at radius 2 is 2.21 bits per heavy atom. The van der Waals surface area contributed by atoms with Gasteiger partial charge in [0.1, 0.15) is 5.69 Å². The molecule has 1 aromatic heterocycles. The molecular formula is C16H25N3O4S. The van der Waals surface area contributed by atoms with Crippen LogP contribution in [0.1, 0.15) is 23.8 Å². The van der Waals surface area contributed by atoms with Crippen molar-refractivity contribution in [3.63, 3.8) is 0 Å². The molecule has 1 amide bonds. The normalized spacial score (nSPS) is 27.3. The van der Waals surface area contributed by atoms with Gasteiger partial charge in [0.25, 0.3) is 5.91 Å². The van der Waals surface area contributed by atoms with E-state index < -0.39 is 10.0 Å². The van der Waals surface area contributed by atoms with Crippen LogP contribution in [-0.4, -0.2) is 61.3 Å². The van der Waals surface area contributed by atoms with Crippen LogP contribution >= 0.6 is 0 Å². The first-order valence-electron chi connectivity index (χ1n) is 8.41. The van der Waals surface area contributed by atoms with Crippen molar-refractivity contribution in [3.8, 4) is 0 Å². The summed E-state index contributed by atoms with van der Waals surface area (Å²) >= 11 is 0. The van der Waals surface area contributed by atoms with Crippen molar-refractivity contribution in [1.82, 2.24) is 14.2 Å². The van der Waals surface area contributed by atoms with Crippen molar-refractivity contribution in [2.75, 3.05) is 32.0 Å². The van der Waals surface area contributed by atoms with Gasteiger partial charge in [-0.15, -0.1) is 0 Å². The smallest absolute Gasteiger partial charge is 0.267 e. The Bertz CT molecular complexity index is 700. The van der Waals surface area contributed by atoms with Crippen LogP contribution in [0.5, 0.6) is 0 Å². The fourth-order valence-corrected chi connectivity index (χ4v) is 5.15. The summed E-state index contributed by atoms with van der Waals surface area (Å²) in [5, 5.41) is 2.95. The lowest BCUT2D eigenvalue weighted by Crippen LogP contribution is -2.36. The fraction of sp³-hybridized carbons (Fsp3) is 0.688. The molecule has 3 heterocycles. The van der Waals surface area contributed by atoms with E-state index in [1.54, 1.807) is 14.9 Å². The summed E-state index contributed by atoms with van der Waals surface area (Å²) in [5.74, 6) is 0.382. The molecule has 0 aliphatic carbocycles. The van der Waals surface area contributed by atoms with Crippen molar-refractivity contribution in [1.29, 1.82) is 0 Å². The number of fused-ring (bicyclic) bond motifs is 1. The molecule has 2 aliphatic rings. The maximum atomic E-state index is 12.2. The van der Waals surface area contributed by atoms with E-state index in [1.165, 1.54) is 0 Å². The number of amides is 1. The molecule has 1 aromatic rings. The molecule has 0 bridgehead atoms. The number of nitrogens with one attached hydrogen (secondary N) is 1. The van der Waals surface area contributed by atoms with Gasteiger partial charge in [0, 0.05) is 44.7 Å². The number of sulfonamides is 1. The Hall–Kier alpha value is -1.38. The molecule has 3 rings (SSSR count). The lowest BCUT2D eigenvalue weighted by atomic mass is 9.93. The summed E-state index contributed by atoms with van der Waals surface area (Å²) in [7, 11) is -1.35. The van der Waals surface area contributed by atoms with Crippen molar-refractivity contribution in [2.24, 2.45) is 18.9 Å². The maximum absolute atomic E-state index is 12.2. The van der Waals surface area contributed by atoms with Gasteiger partial charge >= 0.3 is 0 Å². The number of carbonyl (C=O) groups is 1. The number of ether oxygens (including phenoxy) is 1. The van der Waals surface area contributed by atoms with Crippen LogP contribution in [0.2, 0.25) is 0 Å². The predicted octanol–water partition coefficient (Wildman–Crippen LogP) is 0.442. The third-order valence-corrected chi connectivity index (χ3v) is 6.97. The van der Waals surface area contributed by atoms with Crippen molar-refractivity contribution in [3.05, 3.63) is 24.0 Å². The summed E-state index contributed by atoms with van der Waals surface area (Å²) < 4.78 is 33.6. The van der Waals surface area contributed by atoms with E-state index in [9.17, 15) is 13.2 Å². The molecule has 7 nitrogen and oxygen atoms in total. The first-order valence-corrected chi connectivity index (χ1v) is 10.0. The number of rotatable bonds is 6. The van der Waals surface area contributed by atoms with Crippen molar-refractivity contribution < 1.29 is 17.9 Å². The standard InChI is InChI=1S/C16H25N3O4S/c1-3-7-24(21,22)19-9-13-12(11-23-15(13)10-19)8-17-16(20)14-5-4-6-18(14)2/h4-6,12-13,15H,3,7-11H2,1-2H3,(H,17,20)/t12-,13+,15+/m0/s1. The van der Waals surface area contributed by atoms with Gasteiger partial charge in [-0.2, -0.15) is 4.31 Å². The van der Waals surface area contributed by atoms with Crippen LogP contribution in [0.15, 0.2) is 18.3 Å². The fourth-order valence-electron chi connectivity index (χ4n) is 3.60. The molecule has 2 saturated heterocycles. The SMILES string of the molecule is CCCS(=O)(=O)N1C[C@@H]2[C@@H](CNC(=O)c3cccn3C)CO[C@@H]2C1. The molecule has 1 N–H and O–H groups in total. The molecule has 0 aromatic carbocycles. The predicted molar refractivity (Wildman–Crippen MR) is 90.1 cm³/mol. The van der Waals surface area contributed by atoms with E-state index in [0.29, 0.717) is 38.4 Å². The van der Waals surface area contributed by atoms with E-state index >= 15 is 0 Å². The molecule has 134 valence electrons. The van der Waals surface area contributed by atoms with Gasteiger partial charge in [0.05, 0.1) is 18.5 Å². The zero-order chi connectivity index (χ0) is 17.3. The van der Waals surface area contributed by atoms with Gasteiger partial charge < -0.3 is 14.6 Å². The summed E-state index contributed by atoms with van der Waals surface area (Å²) in [6, 6.07) is 3.61. The van der Waals surface area contributed by atoms with Crippen molar-refractivity contribution >= 4 is 15.9 Å². The summed E-state index contributed by atoms with van der Waals surface area (Å²) in [6.45, 7) is 3.89. The number of hydrogen-bond acceptors (Lipinski definition) is 4. The number of hydrogen-bond donors (Lipinski definition) is 1. The minimum Gasteiger partial charge on any atom is -0.376 e. The third kappa shape index (κ3) is 3.36. The summed E-state index contributed by atoms with van der Waals surface area (Å²) in [6.07, 6.45) is 2.40. The van der Waals surface area contributed by atoms with Gasteiger partial charge in [0.15, 0.2) is 0 Å². The Morgan fingerprint density at radius 3 is 2.88 bits per heavy atom. The van der Waals surface area contributed by atoms with Gasteiger partial charge in [-0.05, 0) is 18.6 Å². The van der Waals surface area contributed by atoms with E-state index in [4.69, 9.17) is 4.74 Å². The van der Waals surface area contributed by atoms with Crippen LogP contribution in [0.3, 0.4) is 0 Å². The van der Waals surface area contributed by atoms with E-state index in [2.05, 4.69) is 5.32 Å². The molecule has 8 heteroatoms. The Labute approximate surface area is 143 Å². The molecule has 24 heavy (non-hydrogen) atoms. The molecule has 3 atom stereocenters. The van der Waals surface area contributed by atoms with E-state index in [0.717, 1.165) is 0 Å². The van der Waals surface area contributed by atoms with Crippen molar-refractivity contribution in [2.45, 2.75) is 19.4 Å². The van der Waals surface area contributed by atoms with Crippen LogP contribution < -0.4 is 5.32 Å². The highest BCUT2D eigenvalue weighted by atomic mass is 32.2. The minimum atomic E-state index is -3.19. The average molecular weight is 355 g/mol. The molecule has 2 fully saturated rings. The zero-order valence-corrected chi connectivity index (χ0v) is 15.0. The van der Waals surface area contributed by atoms with Gasteiger partial charge in [-0.1, -0.05) is 6.92 Å². The summed E-state index contributed by atoms with van der Waals surface area (Å²) in [4.78, 5) is 12.2. The zero-order valence-electron chi connectivity index (χ0n) is 14.1. The Balaban J connectivity index is 1.57. The molecule has 0 spiro atoms. The average Bonchev–Trinajstić information content (AvgIpc) is 3.20. The second-order valence-electron chi connectivity index (χ2n) is 6.64.